The quantitative estimate of drug-likeness (QED) is 0.315. The van der Waals surface area contributed by atoms with Gasteiger partial charge in [-0.1, -0.05) is 29.3 Å². The summed E-state index contributed by atoms with van der Waals surface area (Å²) in [6, 6.07) is 5.36. The minimum absolute atomic E-state index is 0.00223. The number of nitrogens with zero attached hydrogens (tertiary/aromatic N) is 2. The molecule has 2 aromatic heterocycles. The molecule has 1 fully saturated rings. The number of aryl methyl sites for hydroxylation is 2. The smallest absolute Gasteiger partial charge is 0.339 e. The number of fused-ring (bicyclic) bond motifs is 1. The molecular weight excluding hydrogens is 537 g/mol. The normalized spacial score (nSPS) is 16.8. The topological polar surface area (TPSA) is 109 Å². The fourth-order valence-electron chi connectivity index (χ4n) is 4.87. The average molecular weight is 558 g/mol. The van der Waals surface area contributed by atoms with Crippen molar-refractivity contribution in [2.45, 2.75) is 39.5 Å². The van der Waals surface area contributed by atoms with Gasteiger partial charge in [-0.25, -0.2) is 14.5 Å². The second-order valence-electron chi connectivity index (χ2n) is 8.89. The van der Waals surface area contributed by atoms with Crippen molar-refractivity contribution in [2.75, 3.05) is 4.90 Å². The molecule has 11 heteroatoms. The number of nitrogens with one attached hydrogen (secondary N) is 1. The molecular formula is C26H21Cl2N3O5S. The predicted octanol–water partition coefficient (Wildman–Crippen LogP) is 5.71. The number of amides is 4. The third kappa shape index (κ3) is 4.17. The van der Waals surface area contributed by atoms with Crippen molar-refractivity contribution in [3.8, 4) is 5.00 Å². The zero-order valence-corrected chi connectivity index (χ0v) is 22.2. The van der Waals surface area contributed by atoms with Gasteiger partial charge in [-0.3, -0.25) is 14.9 Å². The number of rotatable bonds is 4. The van der Waals surface area contributed by atoms with Gasteiger partial charge in [-0.2, -0.15) is 0 Å². The van der Waals surface area contributed by atoms with E-state index in [1.807, 2.05) is 11.5 Å². The van der Waals surface area contributed by atoms with Crippen molar-refractivity contribution in [3.05, 3.63) is 72.8 Å². The molecule has 2 aliphatic rings. The van der Waals surface area contributed by atoms with Crippen LogP contribution in [0.3, 0.4) is 0 Å². The van der Waals surface area contributed by atoms with Gasteiger partial charge in [0.2, 0.25) is 0 Å². The highest BCUT2D eigenvalue weighted by Gasteiger charge is 2.38. The molecule has 37 heavy (non-hydrogen) atoms. The van der Waals surface area contributed by atoms with E-state index in [9.17, 15) is 24.3 Å². The van der Waals surface area contributed by atoms with E-state index in [0.717, 1.165) is 46.7 Å². The van der Waals surface area contributed by atoms with Crippen molar-refractivity contribution in [1.29, 1.82) is 0 Å². The Morgan fingerprint density at radius 2 is 1.86 bits per heavy atom. The van der Waals surface area contributed by atoms with Gasteiger partial charge in [-0.05, 0) is 74.9 Å². The van der Waals surface area contributed by atoms with E-state index < -0.39 is 23.8 Å². The van der Waals surface area contributed by atoms with Crippen molar-refractivity contribution in [3.63, 3.8) is 0 Å². The number of carboxylic acid groups (broad SMARTS) is 1. The first-order chi connectivity index (χ1) is 17.6. The molecule has 1 saturated heterocycles. The van der Waals surface area contributed by atoms with Crippen LogP contribution in [0.5, 0.6) is 0 Å². The van der Waals surface area contributed by atoms with Crippen molar-refractivity contribution in [1.82, 2.24) is 9.88 Å². The molecule has 8 nitrogen and oxygen atoms in total. The Labute approximate surface area is 226 Å². The van der Waals surface area contributed by atoms with Gasteiger partial charge in [0.1, 0.15) is 10.6 Å². The SMILES string of the molecule is Cc1cc(/C=C2\C(=O)NC(=O)N(c3cccc(Cl)c3Cl)C2=O)c(C)n1-c1sc2c(c1C(=O)O)CCCC2. The van der Waals surface area contributed by atoms with Crippen LogP contribution >= 0.6 is 34.5 Å². The molecule has 0 radical (unpaired) electrons. The summed E-state index contributed by atoms with van der Waals surface area (Å²) >= 11 is 13.8. The maximum atomic E-state index is 13.4. The summed E-state index contributed by atoms with van der Waals surface area (Å²) in [4.78, 5) is 52.7. The molecule has 1 aliphatic carbocycles. The number of imide groups is 2. The summed E-state index contributed by atoms with van der Waals surface area (Å²) in [5.74, 6) is -2.66. The van der Waals surface area contributed by atoms with Crippen LogP contribution in [0.15, 0.2) is 29.8 Å². The number of aromatic carboxylic acids is 1. The highest BCUT2D eigenvalue weighted by Crippen LogP contribution is 2.39. The number of hydrogen-bond donors (Lipinski definition) is 2. The Bertz CT molecular complexity index is 1550. The highest BCUT2D eigenvalue weighted by atomic mass is 35.5. The number of halogens is 2. The van der Waals surface area contributed by atoms with E-state index >= 15 is 0 Å². The third-order valence-corrected chi connectivity index (χ3v) is 8.70. The lowest BCUT2D eigenvalue weighted by molar-refractivity contribution is -0.122. The molecule has 3 aromatic rings. The van der Waals surface area contributed by atoms with Gasteiger partial charge >= 0.3 is 12.0 Å². The van der Waals surface area contributed by atoms with Gasteiger partial charge in [0.15, 0.2) is 0 Å². The lowest BCUT2D eigenvalue weighted by Crippen LogP contribution is -2.54. The lowest BCUT2D eigenvalue weighted by Gasteiger charge is -2.27. The first-order valence-electron chi connectivity index (χ1n) is 11.5. The van der Waals surface area contributed by atoms with E-state index in [0.29, 0.717) is 21.8 Å². The summed E-state index contributed by atoms with van der Waals surface area (Å²) in [7, 11) is 0. The van der Waals surface area contributed by atoms with Gasteiger partial charge in [0.25, 0.3) is 11.8 Å². The molecule has 0 spiro atoms. The number of carbonyl (C=O) groups is 4. The van der Waals surface area contributed by atoms with Crippen molar-refractivity contribution < 1.29 is 24.3 Å². The fraction of sp³-hybridized carbons (Fsp3) is 0.231. The molecule has 0 bridgehead atoms. The van der Waals surface area contributed by atoms with Crippen LogP contribution in [0.25, 0.3) is 11.1 Å². The van der Waals surface area contributed by atoms with Crippen LogP contribution in [-0.4, -0.2) is 33.5 Å². The van der Waals surface area contributed by atoms with Crippen LogP contribution in [0, 0.1) is 13.8 Å². The average Bonchev–Trinajstić information content (AvgIpc) is 3.35. The molecule has 0 unspecified atom stereocenters. The largest absolute Gasteiger partial charge is 0.478 e. The third-order valence-electron chi connectivity index (χ3n) is 6.61. The Kier molecular flexibility index (Phi) is 6.47. The molecule has 190 valence electrons. The standard InChI is InChI=1S/C26H21Cl2N3O5S/c1-12-10-14(13(2)30(12)24-20(25(34)35)15-6-3-4-9-19(15)37-24)11-16-22(32)29-26(36)31(23(16)33)18-8-5-7-17(27)21(18)28/h5,7-8,10-11H,3-4,6,9H2,1-2H3,(H,34,35)(H,29,32,36)/b16-11+. The first kappa shape index (κ1) is 25.3. The minimum atomic E-state index is -0.976. The first-order valence-corrected chi connectivity index (χ1v) is 13.1. The predicted molar refractivity (Wildman–Crippen MR) is 142 cm³/mol. The summed E-state index contributed by atoms with van der Waals surface area (Å²) in [5, 5.41) is 13.0. The number of carboxylic acids is 1. The zero-order valence-electron chi connectivity index (χ0n) is 19.9. The second kappa shape index (κ2) is 9.48. The molecule has 0 atom stereocenters. The van der Waals surface area contributed by atoms with Crippen molar-refractivity contribution in [2.24, 2.45) is 0 Å². The Hall–Kier alpha value is -3.40. The monoisotopic (exact) mass is 557 g/mol. The van der Waals surface area contributed by atoms with Crippen LogP contribution in [-0.2, 0) is 22.4 Å². The maximum absolute atomic E-state index is 13.4. The Balaban J connectivity index is 1.60. The highest BCUT2D eigenvalue weighted by molar-refractivity contribution is 7.15. The summed E-state index contributed by atoms with van der Waals surface area (Å²) in [6.07, 6.45) is 4.96. The zero-order chi connectivity index (χ0) is 26.6. The van der Waals surface area contributed by atoms with Gasteiger partial charge in [-0.15, -0.1) is 11.3 Å². The maximum Gasteiger partial charge on any atom is 0.339 e. The Morgan fingerprint density at radius 1 is 1.14 bits per heavy atom. The van der Waals surface area contributed by atoms with Crippen LogP contribution in [0.2, 0.25) is 10.0 Å². The Morgan fingerprint density at radius 3 is 2.59 bits per heavy atom. The number of anilines is 1. The number of carbonyl (C=O) groups excluding carboxylic acids is 3. The molecule has 1 aromatic carbocycles. The summed E-state index contributed by atoms with van der Waals surface area (Å²) in [6.45, 7) is 3.63. The number of hydrogen-bond acceptors (Lipinski definition) is 5. The number of urea groups is 1. The van der Waals surface area contributed by atoms with Gasteiger partial charge < -0.3 is 9.67 Å². The van der Waals surface area contributed by atoms with E-state index in [-0.39, 0.29) is 21.3 Å². The molecule has 3 heterocycles. The second-order valence-corrected chi connectivity index (χ2v) is 10.8. The fourth-order valence-corrected chi connectivity index (χ4v) is 6.74. The van der Waals surface area contributed by atoms with E-state index in [4.69, 9.17) is 23.2 Å². The van der Waals surface area contributed by atoms with Crippen LogP contribution < -0.4 is 10.2 Å². The van der Waals surface area contributed by atoms with E-state index in [1.165, 1.54) is 35.6 Å². The van der Waals surface area contributed by atoms with Gasteiger partial charge in [0.05, 0.1) is 21.3 Å². The van der Waals surface area contributed by atoms with Gasteiger partial charge in [0, 0.05) is 16.3 Å². The lowest BCUT2D eigenvalue weighted by atomic mass is 9.95. The number of thiophene rings is 1. The molecule has 1 aliphatic heterocycles. The van der Waals surface area contributed by atoms with E-state index in [1.54, 1.807) is 13.0 Å². The number of barbiturate groups is 1. The molecule has 0 saturated carbocycles. The van der Waals surface area contributed by atoms with Crippen LogP contribution in [0.1, 0.15) is 50.6 Å². The van der Waals surface area contributed by atoms with E-state index in [2.05, 4.69) is 5.32 Å². The summed E-state index contributed by atoms with van der Waals surface area (Å²) in [5.41, 5.74) is 2.94. The van der Waals surface area contributed by atoms with Crippen LogP contribution in [0.4, 0.5) is 10.5 Å². The van der Waals surface area contributed by atoms with Crippen molar-refractivity contribution >= 4 is 70.1 Å². The minimum Gasteiger partial charge on any atom is -0.478 e. The number of benzene rings is 1. The number of aromatic nitrogens is 1. The molecule has 4 amide bonds. The molecule has 2 N–H and O–H groups in total. The molecule has 5 rings (SSSR count). The summed E-state index contributed by atoms with van der Waals surface area (Å²) < 4.78 is 1.85.